The standard InChI is InChI=1S/C17H12N8/c18-17-19-6-5-11(23-17)9-7-10-14(24-25-15(10)20-8-9)16-21-12-3-1-2-4-13(12)22-16/h1-8H,(H,21,22)(H2,18,19,23)(H,20,24,25). The summed E-state index contributed by atoms with van der Waals surface area (Å²) in [6.07, 6.45) is 3.35. The summed E-state index contributed by atoms with van der Waals surface area (Å²) in [5.41, 5.74) is 10.5. The summed E-state index contributed by atoms with van der Waals surface area (Å²) in [6.45, 7) is 0. The van der Waals surface area contributed by atoms with Gasteiger partial charge in [0.05, 0.1) is 22.1 Å². The third kappa shape index (κ3) is 2.19. The van der Waals surface area contributed by atoms with E-state index >= 15 is 0 Å². The normalized spacial score (nSPS) is 11.4. The van der Waals surface area contributed by atoms with Gasteiger partial charge in [0.15, 0.2) is 11.5 Å². The minimum Gasteiger partial charge on any atom is -0.368 e. The van der Waals surface area contributed by atoms with Gasteiger partial charge in [-0.3, -0.25) is 5.10 Å². The van der Waals surface area contributed by atoms with Gasteiger partial charge in [-0.25, -0.2) is 19.9 Å². The number of hydrogen-bond acceptors (Lipinski definition) is 6. The molecule has 4 heterocycles. The molecule has 0 unspecified atom stereocenters. The van der Waals surface area contributed by atoms with E-state index in [1.165, 1.54) is 0 Å². The van der Waals surface area contributed by atoms with Crippen LogP contribution < -0.4 is 5.73 Å². The fourth-order valence-corrected chi connectivity index (χ4v) is 2.82. The predicted molar refractivity (Wildman–Crippen MR) is 94.4 cm³/mol. The first-order valence-electron chi connectivity index (χ1n) is 7.66. The highest BCUT2D eigenvalue weighted by atomic mass is 15.2. The van der Waals surface area contributed by atoms with Gasteiger partial charge in [-0.05, 0) is 24.3 Å². The smallest absolute Gasteiger partial charge is 0.220 e. The molecule has 0 aliphatic heterocycles. The lowest BCUT2D eigenvalue weighted by molar-refractivity contribution is 1.09. The molecule has 5 aromatic rings. The second-order valence-corrected chi connectivity index (χ2v) is 5.60. The Morgan fingerprint density at radius 3 is 2.80 bits per heavy atom. The van der Waals surface area contributed by atoms with Crippen LogP contribution in [-0.4, -0.2) is 35.1 Å². The highest BCUT2D eigenvalue weighted by Crippen LogP contribution is 2.28. The lowest BCUT2D eigenvalue weighted by atomic mass is 10.1. The minimum atomic E-state index is 0.224. The average molecular weight is 328 g/mol. The summed E-state index contributed by atoms with van der Waals surface area (Å²) >= 11 is 0. The Hall–Kier alpha value is -3.81. The monoisotopic (exact) mass is 328 g/mol. The van der Waals surface area contributed by atoms with Crippen LogP contribution in [0.2, 0.25) is 0 Å². The van der Waals surface area contributed by atoms with Crippen LogP contribution in [0.15, 0.2) is 48.8 Å². The molecule has 4 N–H and O–H groups in total. The van der Waals surface area contributed by atoms with Crippen LogP contribution >= 0.6 is 0 Å². The van der Waals surface area contributed by atoms with Crippen molar-refractivity contribution in [3.8, 4) is 22.8 Å². The SMILES string of the molecule is Nc1nccc(-c2cnc3[nH]nc(-c4nc5ccccc5[nH]4)c3c2)n1. The molecule has 8 nitrogen and oxygen atoms in total. The van der Waals surface area contributed by atoms with Gasteiger partial charge in [0, 0.05) is 18.0 Å². The lowest BCUT2D eigenvalue weighted by Crippen LogP contribution is -1.95. The number of benzene rings is 1. The van der Waals surface area contributed by atoms with Crippen LogP contribution in [0.3, 0.4) is 0 Å². The maximum atomic E-state index is 5.68. The van der Waals surface area contributed by atoms with Crippen LogP contribution in [0.25, 0.3) is 44.8 Å². The molecular formula is C17H12N8. The topological polar surface area (TPSA) is 122 Å². The molecule has 0 aliphatic rings. The molecule has 0 spiro atoms. The quantitative estimate of drug-likeness (QED) is 0.458. The van der Waals surface area contributed by atoms with Crippen molar-refractivity contribution in [2.45, 2.75) is 0 Å². The number of para-hydroxylation sites is 2. The number of H-pyrrole nitrogens is 2. The molecule has 4 aromatic heterocycles. The van der Waals surface area contributed by atoms with E-state index in [-0.39, 0.29) is 5.95 Å². The van der Waals surface area contributed by atoms with E-state index in [1.54, 1.807) is 18.5 Å². The number of anilines is 1. The molecule has 0 aliphatic carbocycles. The maximum Gasteiger partial charge on any atom is 0.220 e. The minimum absolute atomic E-state index is 0.224. The summed E-state index contributed by atoms with van der Waals surface area (Å²) < 4.78 is 0. The van der Waals surface area contributed by atoms with Crippen molar-refractivity contribution in [1.82, 2.24) is 35.1 Å². The number of rotatable bonds is 2. The summed E-state index contributed by atoms with van der Waals surface area (Å²) in [4.78, 5) is 20.5. The van der Waals surface area contributed by atoms with Gasteiger partial charge in [-0.1, -0.05) is 12.1 Å². The number of nitrogens with two attached hydrogens (primary N) is 1. The van der Waals surface area contributed by atoms with Gasteiger partial charge in [-0.15, -0.1) is 0 Å². The number of hydrogen-bond donors (Lipinski definition) is 3. The van der Waals surface area contributed by atoms with Crippen molar-refractivity contribution >= 4 is 28.0 Å². The number of fused-ring (bicyclic) bond motifs is 2. The van der Waals surface area contributed by atoms with Crippen LogP contribution in [0.4, 0.5) is 5.95 Å². The molecule has 0 radical (unpaired) electrons. The molecule has 120 valence electrons. The number of imidazole rings is 1. The Morgan fingerprint density at radius 1 is 1.00 bits per heavy atom. The van der Waals surface area contributed by atoms with E-state index in [4.69, 9.17) is 5.73 Å². The number of nitrogen functional groups attached to an aromatic ring is 1. The van der Waals surface area contributed by atoms with Gasteiger partial charge in [-0.2, -0.15) is 5.10 Å². The number of aromatic amines is 2. The summed E-state index contributed by atoms with van der Waals surface area (Å²) in [5, 5.41) is 8.17. The van der Waals surface area contributed by atoms with E-state index in [0.29, 0.717) is 22.9 Å². The van der Waals surface area contributed by atoms with Crippen molar-refractivity contribution in [3.63, 3.8) is 0 Å². The van der Waals surface area contributed by atoms with E-state index in [2.05, 4.69) is 35.1 Å². The van der Waals surface area contributed by atoms with Crippen LogP contribution in [0.1, 0.15) is 0 Å². The molecule has 1 aromatic carbocycles. The molecule has 5 rings (SSSR count). The highest BCUT2D eigenvalue weighted by Gasteiger charge is 2.14. The molecule has 0 fully saturated rings. The van der Waals surface area contributed by atoms with Gasteiger partial charge in [0.25, 0.3) is 0 Å². The van der Waals surface area contributed by atoms with Gasteiger partial charge >= 0.3 is 0 Å². The molecule has 0 amide bonds. The first-order chi connectivity index (χ1) is 12.3. The number of nitrogens with zero attached hydrogens (tertiary/aromatic N) is 5. The third-order valence-corrected chi connectivity index (χ3v) is 4.00. The van der Waals surface area contributed by atoms with Crippen LogP contribution in [0, 0.1) is 0 Å². The molecule has 25 heavy (non-hydrogen) atoms. The lowest BCUT2D eigenvalue weighted by Gasteiger charge is -2.01. The zero-order valence-corrected chi connectivity index (χ0v) is 12.9. The van der Waals surface area contributed by atoms with Crippen molar-refractivity contribution in [2.24, 2.45) is 0 Å². The Labute approximate surface area is 141 Å². The number of pyridine rings is 1. The fourth-order valence-electron chi connectivity index (χ4n) is 2.82. The van der Waals surface area contributed by atoms with E-state index in [0.717, 1.165) is 22.0 Å². The van der Waals surface area contributed by atoms with Gasteiger partial charge in [0.1, 0.15) is 5.69 Å². The van der Waals surface area contributed by atoms with Gasteiger partial charge < -0.3 is 10.7 Å². The molecule has 0 bridgehead atoms. The summed E-state index contributed by atoms with van der Waals surface area (Å²) in [5.74, 6) is 0.913. The zero-order chi connectivity index (χ0) is 16.8. The van der Waals surface area contributed by atoms with E-state index in [1.807, 2.05) is 30.3 Å². The second kappa shape index (κ2) is 5.10. The second-order valence-electron chi connectivity index (χ2n) is 5.60. The van der Waals surface area contributed by atoms with Gasteiger partial charge in [0.2, 0.25) is 5.95 Å². The predicted octanol–water partition coefficient (Wildman–Crippen LogP) is 2.54. The van der Waals surface area contributed by atoms with Crippen molar-refractivity contribution in [2.75, 3.05) is 5.73 Å². The average Bonchev–Trinajstić information content (AvgIpc) is 3.24. The number of aromatic nitrogens is 7. The number of nitrogens with one attached hydrogen (secondary N) is 2. The maximum absolute atomic E-state index is 5.68. The van der Waals surface area contributed by atoms with Crippen molar-refractivity contribution in [1.29, 1.82) is 0 Å². The first-order valence-corrected chi connectivity index (χ1v) is 7.66. The fraction of sp³-hybridized carbons (Fsp3) is 0. The van der Waals surface area contributed by atoms with Crippen LogP contribution in [0.5, 0.6) is 0 Å². The molecule has 8 heteroatoms. The molecular weight excluding hydrogens is 316 g/mol. The largest absolute Gasteiger partial charge is 0.368 e. The molecule has 0 saturated carbocycles. The Morgan fingerprint density at radius 2 is 1.92 bits per heavy atom. The molecule has 0 atom stereocenters. The van der Waals surface area contributed by atoms with Crippen LogP contribution in [-0.2, 0) is 0 Å². The summed E-state index contributed by atoms with van der Waals surface area (Å²) in [7, 11) is 0. The van der Waals surface area contributed by atoms with E-state index in [9.17, 15) is 0 Å². The Bertz CT molecular complexity index is 1190. The zero-order valence-electron chi connectivity index (χ0n) is 12.9. The van der Waals surface area contributed by atoms with E-state index < -0.39 is 0 Å². The summed E-state index contributed by atoms with van der Waals surface area (Å²) in [6, 6.07) is 11.6. The Balaban J connectivity index is 1.70. The highest BCUT2D eigenvalue weighted by molar-refractivity contribution is 5.93. The Kier molecular flexibility index (Phi) is 2.78. The first kappa shape index (κ1) is 13.6. The van der Waals surface area contributed by atoms with Crippen molar-refractivity contribution in [3.05, 3.63) is 48.8 Å². The molecule has 0 saturated heterocycles. The van der Waals surface area contributed by atoms with Crippen molar-refractivity contribution < 1.29 is 0 Å². The third-order valence-electron chi connectivity index (χ3n) is 4.00.